The van der Waals surface area contributed by atoms with E-state index in [1.807, 2.05) is 37.3 Å². The van der Waals surface area contributed by atoms with Crippen LogP contribution in [0.3, 0.4) is 0 Å². The maximum absolute atomic E-state index is 14.3. The van der Waals surface area contributed by atoms with E-state index in [1.165, 1.54) is 31.2 Å². The van der Waals surface area contributed by atoms with E-state index in [0.29, 0.717) is 10.8 Å². The molecule has 0 aromatic heterocycles. The van der Waals surface area contributed by atoms with Crippen molar-refractivity contribution in [2.24, 2.45) is 0 Å². The Bertz CT molecular complexity index is 1650. The van der Waals surface area contributed by atoms with Gasteiger partial charge in [0.05, 0.1) is 17.7 Å². The summed E-state index contributed by atoms with van der Waals surface area (Å²) >= 11 is 6.10. The molecular weight excluding hydrogens is 586 g/mol. The first kappa shape index (κ1) is 31.6. The number of anilines is 1. The number of carbonyl (C=O) groups excluding carboxylic acids is 2. The summed E-state index contributed by atoms with van der Waals surface area (Å²) in [4.78, 5) is 29.1. The monoisotopic (exact) mass is 619 g/mol. The molecule has 8 nitrogen and oxygen atoms in total. The van der Waals surface area contributed by atoms with Crippen molar-refractivity contribution in [1.29, 1.82) is 0 Å². The minimum Gasteiger partial charge on any atom is -0.497 e. The molecule has 0 unspecified atom stereocenters. The average molecular weight is 620 g/mol. The molecule has 0 saturated heterocycles. The Balaban J connectivity index is 1.79. The number of hydrogen-bond donors (Lipinski definition) is 1. The zero-order chi connectivity index (χ0) is 31.0. The highest BCUT2D eigenvalue weighted by molar-refractivity contribution is 7.92. The highest BCUT2D eigenvalue weighted by Crippen LogP contribution is 2.28. The molecule has 0 saturated carbocycles. The van der Waals surface area contributed by atoms with Gasteiger partial charge in [-0.3, -0.25) is 13.9 Å². The third-order valence-corrected chi connectivity index (χ3v) is 9.05. The SMILES string of the molecule is CNC(=O)[C@@H](Cc1ccccc1)N(Cc1ccc(Cl)cc1)C(=O)CN(c1cccc(OC)c1)S(=O)(=O)c1ccc(C)cc1. The van der Waals surface area contributed by atoms with Crippen molar-refractivity contribution < 1.29 is 22.7 Å². The minimum atomic E-state index is -4.20. The van der Waals surface area contributed by atoms with Crippen LogP contribution in [0.15, 0.2) is 108 Å². The normalized spacial score (nSPS) is 11.8. The number of likely N-dealkylation sites (N-methyl/N-ethyl adjacent to an activating group) is 1. The van der Waals surface area contributed by atoms with E-state index in [4.69, 9.17) is 16.3 Å². The number of hydrogen-bond acceptors (Lipinski definition) is 5. The third-order valence-electron chi connectivity index (χ3n) is 7.01. The van der Waals surface area contributed by atoms with Gasteiger partial charge in [-0.2, -0.15) is 0 Å². The molecule has 0 radical (unpaired) electrons. The second-order valence-electron chi connectivity index (χ2n) is 9.99. The summed E-state index contributed by atoms with van der Waals surface area (Å²) in [6.45, 7) is 1.36. The van der Waals surface area contributed by atoms with E-state index in [-0.39, 0.29) is 29.5 Å². The molecule has 1 atom stereocenters. The predicted molar refractivity (Wildman–Crippen MR) is 169 cm³/mol. The summed E-state index contributed by atoms with van der Waals surface area (Å²) in [5.74, 6) is -0.502. The van der Waals surface area contributed by atoms with E-state index in [9.17, 15) is 18.0 Å². The Morgan fingerprint density at radius 2 is 1.56 bits per heavy atom. The first-order chi connectivity index (χ1) is 20.6. The molecule has 43 heavy (non-hydrogen) atoms. The van der Waals surface area contributed by atoms with E-state index < -0.39 is 28.5 Å². The maximum atomic E-state index is 14.3. The molecule has 0 aliphatic heterocycles. The van der Waals surface area contributed by atoms with Gasteiger partial charge in [0.25, 0.3) is 10.0 Å². The van der Waals surface area contributed by atoms with Crippen LogP contribution < -0.4 is 14.4 Å². The number of carbonyl (C=O) groups is 2. The predicted octanol–water partition coefficient (Wildman–Crippen LogP) is 5.24. The van der Waals surface area contributed by atoms with E-state index in [2.05, 4.69) is 5.32 Å². The highest BCUT2D eigenvalue weighted by atomic mass is 35.5. The van der Waals surface area contributed by atoms with Crippen LogP contribution in [-0.4, -0.2) is 51.9 Å². The topological polar surface area (TPSA) is 96.0 Å². The van der Waals surface area contributed by atoms with Crippen LogP contribution in [0.25, 0.3) is 0 Å². The lowest BCUT2D eigenvalue weighted by Crippen LogP contribution is -2.53. The zero-order valence-corrected chi connectivity index (χ0v) is 25.8. The van der Waals surface area contributed by atoms with Gasteiger partial charge in [-0.25, -0.2) is 8.42 Å². The molecule has 4 rings (SSSR count). The molecule has 0 aliphatic rings. The lowest BCUT2D eigenvalue weighted by molar-refractivity contribution is -0.139. The molecule has 0 heterocycles. The second-order valence-corrected chi connectivity index (χ2v) is 12.3. The largest absolute Gasteiger partial charge is 0.497 e. The summed E-state index contributed by atoms with van der Waals surface area (Å²) in [5.41, 5.74) is 2.72. The Labute approximate surface area is 257 Å². The second kappa shape index (κ2) is 14.2. The summed E-state index contributed by atoms with van der Waals surface area (Å²) < 4.78 is 34.5. The number of ether oxygens (including phenoxy) is 1. The van der Waals surface area contributed by atoms with E-state index >= 15 is 0 Å². The Morgan fingerprint density at radius 1 is 0.884 bits per heavy atom. The van der Waals surface area contributed by atoms with Crippen LogP contribution in [0.1, 0.15) is 16.7 Å². The van der Waals surface area contributed by atoms with Crippen LogP contribution in [-0.2, 0) is 32.6 Å². The quantitative estimate of drug-likeness (QED) is 0.234. The van der Waals surface area contributed by atoms with Crippen molar-refractivity contribution in [3.8, 4) is 5.75 Å². The fourth-order valence-electron chi connectivity index (χ4n) is 4.64. The van der Waals surface area contributed by atoms with Gasteiger partial charge in [-0.1, -0.05) is 77.8 Å². The molecular formula is C33H34ClN3O5S. The van der Waals surface area contributed by atoms with Gasteiger partial charge in [0, 0.05) is 31.1 Å². The highest BCUT2D eigenvalue weighted by Gasteiger charge is 2.34. The summed E-state index contributed by atoms with van der Waals surface area (Å²) in [6, 6.07) is 28.3. The van der Waals surface area contributed by atoms with Crippen LogP contribution in [0.4, 0.5) is 5.69 Å². The van der Waals surface area contributed by atoms with Crippen molar-refractivity contribution in [1.82, 2.24) is 10.2 Å². The van der Waals surface area contributed by atoms with Crippen molar-refractivity contribution in [3.05, 3.63) is 125 Å². The van der Waals surface area contributed by atoms with Crippen molar-refractivity contribution in [2.75, 3.05) is 25.0 Å². The molecule has 4 aromatic carbocycles. The lowest BCUT2D eigenvalue weighted by Gasteiger charge is -2.33. The smallest absolute Gasteiger partial charge is 0.264 e. The number of sulfonamides is 1. The van der Waals surface area contributed by atoms with Gasteiger partial charge in [0.1, 0.15) is 18.3 Å². The first-order valence-corrected chi connectivity index (χ1v) is 15.5. The fourth-order valence-corrected chi connectivity index (χ4v) is 6.17. The summed E-state index contributed by atoms with van der Waals surface area (Å²) in [7, 11) is -1.21. The van der Waals surface area contributed by atoms with Gasteiger partial charge in [0.15, 0.2) is 0 Å². The average Bonchev–Trinajstić information content (AvgIpc) is 3.02. The molecule has 0 aliphatic carbocycles. The zero-order valence-electron chi connectivity index (χ0n) is 24.2. The molecule has 2 amide bonds. The van der Waals surface area contributed by atoms with Gasteiger partial charge < -0.3 is 15.0 Å². The Morgan fingerprint density at radius 3 is 2.19 bits per heavy atom. The van der Waals surface area contributed by atoms with Crippen LogP contribution in [0, 0.1) is 6.92 Å². The Hall–Kier alpha value is -4.34. The number of amides is 2. The van der Waals surface area contributed by atoms with E-state index in [0.717, 1.165) is 21.0 Å². The maximum Gasteiger partial charge on any atom is 0.264 e. The lowest BCUT2D eigenvalue weighted by atomic mass is 10.0. The minimum absolute atomic E-state index is 0.0325. The molecule has 1 N–H and O–H groups in total. The standard InChI is InChI=1S/C33H34ClN3O5S/c1-24-12-18-30(19-13-24)43(40,41)37(28-10-7-11-29(21-28)42-3)23-32(38)36(22-26-14-16-27(34)17-15-26)31(33(39)35-2)20-25-8-5-4-6-9-25/h4-19,21,31H,20,22-23H2,1-3H3,(H,35,39)/t31-/m1/s1. The van der Waals surface area contributed by atoms with Gasteiger partial charge in [-0.05, 0) is 54.4 Å². The molecule has 0 fully saturated rings. The number of nitrogens with zero attached hydrogens (tertiary/aromatic N) is 2. The van der Waals surface area contributed by atoms with Crippen molar-refractivity contribution in [3.63, 3.8) is 0 Å². The molecule has 0 bridgehead atoms. The number of aryl methyl sites for hydroxylation is 1. The number of rotatable bonds is 12. The molecule has 4 aromatic rings. The van der Waals surface area contributed by atoms with Crippen molar-refractivity contribution in [2.45, 2.75) is 30.8 Å². The van der Waals surface area contributed by atoms with Gasteiger partial charge >= 0.3 is 0 Å². The number of nitrogens with one attached hydrogen (secondary N) is 1. The molecule has 0 spiro atoms. The van der Waals surface area contributed by atoms with Gasteiger partial charge in [-0.15, -0.1) is 0 Å². The fraction of sp³-hybridized carbons (Fsp3) is 0.212. The van der Waals surface area contributed by atoms with Gasteiger partial charge in [0.2, 0.25) is 11.8 Å². The molecule has 224 valence electrons. The van der Waals surface area contributed by atoms with Crippen LogP contribution >= 0.6 is 11.6 Å². The summed E-state index contributed by atoms with van der Waals surface area (Å²) in [6.07, 6.45) is 0.226. The molecule has 10 heteroatoms. The number of halogens is 1. The first-order valence-electron chi connectivity index (χ1n) is 13.6. The Kier molecular flexibility index (Phi) is 10.4. The van der Waals surface area contributed by atoms with Crippen molar-refractivity contribution >= 4 is 39.1 Å². The number of methoxy groups -OCH3 is 1. The third kappa shape index (κ3) is 7.94. The summed E-state index contributed by atoms with van der Waals surface area (Å²) in [5, 5.41) is 3.20. The van der Waals surface area contributed by atoms with Crippen LogP contribution in [0.2, 0.25) is 5.02 Å². The number of benzene rings is 4. The van der Waals surface area contributed by atoms with Crippen LogP contribution in [0.5, 0.6) is 5.75 Å². The van der Waals surface area contributed by atoms with E-state index in [1.54, 1.807) is 60.7 Å².